The quantitative estimate of drug-likeness (QED) is 0.271. The Kier molecular flexibility index (Phi) is 5.80. The van der Waals surface area contributed by atoms with Crippen molar-refractivity contribution in [2.45, 2.75) is 13.5 Å². The van der Waals surface area contributed by atoms with E-state index in [1.807, 2.05) is 0 Å². The first-order valence-electron chi connectivity index (χ1n) is 9.57. The average Bonchev–Trinajstić information content (AvgIpc) is 3.34. The number of thioether (sulfide) groups is 1. The first-order chi connectivity index (χ1) is 15.7. The molecule has 11 heteroatoms. The highest BCUT2D eigenvalue weighted by Gasteiger charge is 2.36. The first kappa shape index (κ1) is 22.0. The van der Waals surface area contributed by atoms with Gasteiger partial charge in [-0.05, 0) is 42.4 Å². The number of amides is 2. The second-order valence-corrected chi connectivity index (χ2v) is 8.13. The highest BCUT2D eigenvalue weighted by atomic mass is 32.2. The Bertz CT molecular complexity index is 1350. The maximum Gasteiger partial charge on any atom is 0.293 e. The van der Waals surface area contributed by atoms with Crippen LogP contribution in [0.2, 0.25) is 0 Å². The number of imide groups is 1. The minimum atomic E-state index is -0.609. The third-order valence-electron chi connectivity index (χ3n) is 4.91. The largest absolute Gasteiger partial charge is 0.456 e. The number of rotatable bonds is 6. The molecule has 1 fully saturated rings. The Labute approximate surface area is 190 Å². The van der Waals surface area contributed by atoms with Gasteiger partial charge in [-0.2, -0.15) is 0 Å². The highest BCUT2D eigenvalue weighted by Crippen LogP contribution is 2.36. The molecule has 0 radical (unpaired) electrons. The van der Waals surface area contributed by atoms with Crippen LogP contribution in [0.5, 0.6) is 0 Å². The van der Waals surface area contributed by atoms with E-state index < -0.39 is 21.0 Å². The van der Waals surface area contributed by atoms with Crippen molar-refractivity contribution in [1.82, 2.24) is 4.90 Å². The zero-order chi connectivity index (χ0) is 23.7. The summed E-state index contributed by atoms with van der Waals surface area (Å²) in [7, 11) is 0. The summed E-state index contributed by atoms with van der Waals surface area (Å²) in [5, 5.41) is 22.0. The topological polar surface area (TPSA) is 137 Å². The molecule has 0 N–H and O–H groups in total. The number of para-hydroxylation sites is 1. The fourth-order valence-electron chi connectivity index (χ4n) is 3.33. The molecule has 2 amide bonds. The van der Waals surface area contributed by atoms with Crippen LogP contribution < -0.4 is 0 Å². The number of hydrogen-bond donors (Lipinski definition) is 0. The molecule has 166 valence electrons. The number of carbonyl (C=O) groups excluding carboxylic acids is 2. The summed E-state index contributed by atoms with van der Waals surface area (Å²) >= 11 is 0.686. The zero-order valence-corrected chi connectivity index (χ0v) is 17.9. The van der Waals surface area contributed by atoms with Crippen LogP contribution in [0.25, 0.3) is 17.4 Å². The monoisotopic (exact) mass is 465 g/mol. The summed E-state index contributed by atoms with van der Waals surface area (Å²) in [5.74, 6) is -0.134. The Hall–Kier alpha value is -4.25. The zero-order valence-electron chi connectivity index (χ0n) is 17.1. The van der Waals surface area contributed by atoms with Gasteiger partial charge in [-0.3, -0.25) is 34.7 Å². The van der Waals surface area contributed by atoms with Crippen LogP contribution >= 0.6 is 11.8 Å². The van der Waals surface area contributed by atoms with Crippen molar-refractivity contribution in [3.63, 3.8) is 0 Å². The molecule has 1 aromatic heterocycles. The van der Waals surface area contributed by atoms with E-state index in [4.69, 9.17) is 4.42 Å². The lowest BCUT2D eigenvalue weighted by Gasteiger charge is -2.12. The van der Waals surface area contributed by atoms with Crippen LogP contribution in [0.3, 0.4) is 0 Å². The van der Waals surface area contributed by atoms with Crippen molar-refractivity contribution >= 4 is 40.4 Å². The number of benzene rings is 2. The van der Waals surface area contributed by atoms with Gasteiger partial charge in [0, 0.05) is 23.8 Å². The lowest BCUT2D eigenvalue weighted by Crippen LogP contribution is -2.27. The van der Waals surface area contributed by atoms with Crippen LogP contribution in [0.4, 0.5) is 16.2 Å². The van der Waals surface area contributed by atoms with Gasteiger partial charge in [0.1, 0.15) is 11.5 Å². The molecule has 2 aromatic carbocycles. The molecule has 0 saturated carbocycles. The Morgan fingerprint density at radius 2 is 1.73 bits per heavy atom. The van der Waals surface area contributed by atoms with E-state index in [2.05, 4.69) is 0 Å². The third kappa shape index (κ3) is 4.39. The fourth-order valence-corrected chi connectivity index (χ4v) is 4.15. The summed E-state index contributed by atoms with van der Waals surface area (Å²) in [6, 6.07) is 13.7. The van der Waals surface area contributed by atoms with Gasteiger partial charge < -0.3 is 4.42 Å². The van der Waals surface area contributed by atoms with E-state index in [0.29, 0.717) is 11.8 Å². The van der Waals surface area contributed by atoms with Gasteiger partial charge >= 0.3 is 0 Å². The predicted molar refractivity (Wildman–Crippen MR) is 120 cm³/mol. The first-order valence-corrected chi connectivity index (χ1v) is 10.4. The molecule has 0 aliphatic carbocycles. The molecule has 33 heavy (non-hydrogen) atoms. The molecular formula is C22H15N3O7S. The fraction of sp³-hybridized carbons (Fsp3) is 0.0909. The Balaban J connectivity index is 1.59. The molecule has 10 nitrogen and oxygen atoms in total. The van der Waals surface area contributed by atoms with Gasteiger partial charge in [-0.15, -0.1) is 0 Å². The summed E-state index contributed by atoms with van der Waals surface area (Å²) in [6.45, 7) is 1.50. The molecule has 1 saturated heterocycles. The van der Waals surface area contributed by atoms with Crippen molar-refractivity contribution < 1.29 is 23.9 Å². The van der Waals surface area contributed by atoms with Gasteiger partial charge in [-0.25, -0.2) is 0 Å². The summed E-state index contributed by atoms with van der Waals surface area (Å²) in [5.41, 5.74) is 0.953. The normalized spacial score (nSPS) is 14.8. The number of hydrogen-bond acceptors (Lipinski definition) is 8. The molecule has 0 unspecified atom stereocenters. The van der Waals surface area contributed by atoms with Gasteiger partial charge in [-0.1, -0.05) is 24.3 Å². The smallest absolute Gasteiger partial charge is 0.293 e. The van der Waals surface area contributed by atoms with Gasteiger partial charge in [0.2, 0.25) is 0 Å². The minimum absolute atomic E-state index is 0.0814. The van der Waals surface area contributed by atoms with Crippen LogP contribution in [0, 0.1) is 27.2 Å². The molecular weight excluding hydrogens is 450 g/mol. The van der Waals surface area contributed by atoms with E-state index in [9.17, 15) is 29.8 Å². The van der Waals surface area contributed by atoms with Crippen molar-refractivity contribution in [2.24, 2.45) is 0 Å². The van der Waals surface area contributed by atoms with Gasteiger partial charge in [0.25, 0.3) is 22.5 Å². The molecule has 1 aliphatic rings. The molecule has 3 aromatic rings. The Morgan fingerprint density at radius 3 is 2.45 bits per heavy atom. The maximum atomic E-state index is 12.8. The molecule has 2 heterocycles. The predicted octanol–water partition coefficient (Wildman–Crippen LogP) is 5.31. The minimum Gasteiger partial charge on any atom is -0.456 e. The van der Waals surface area contributed by atoms with Crippen LogP contribution in [-0.4, -0.2) is 25.9 Å². The molecule has 1 aliphatic heterocycles. The second-order valence-electron chi connectivity index (χ2n) is 7.13. The number of carbonyl (C=O) groups is 2. The summed E-state index contributed by atoms with van der Waals surface area (Å²) in [4.78, 5) is 47.7. The summed E-state index contributed by atoms with van der Waals surface area (Å²) in [6.07, 6.45) is 1.37. The van der Waals surface area contributed by atoms with Crippen LogP contribution in [-0.2, 0) is 11.3 Å². The Morgan fingerprint density at radius 1 is 1.00 bits per heavy atom. The lowest BCUT2D eigenvalue weighted by atomic mass is 10.1. The van der Waals surface area contributed by atoms with Crippen molar-refractivity contribution in [2.75, 3.05) is 0 Å². The lowest BCUT2D eigenvalue weighted by molar-refractivity contribution is -0.385. The number of nitro groups is 2. The third-order valence-corrected chi connectivity index (χ3v) is 5.81. The molecule has 0 bridgehead atoms. The molecule has 4 rings (SSSR count). The van der Waals surface area contributed by atoms with Crippen molar-refractivity contribution in [3.8, 4) is 11.3 Å². The van der Waals surface area contributed by atoms with E-state index in [1.165, 1.54) is 36.4 Å². The van der Waals surface area contributed by atoms with E-state index in [1.54, 1.807) is 31.2 Å². The van der Waals surface area contributed by atoms with Gasteiger partial charge in [0.05, 0.1) is 26.9 Å². The SMILES string of the molecule is Cc1ccc(-c2ccc(/C=C3/SC(=O)N(Cc4ccccc4[N+](=O)[O-])C3=O)o2)c([N+](=O)[O-])c1. The summed E-state index contributed by atoms with van der Waals surface area (Å²) < 4.78 is 5.68. The van der Waals surface area contributed by atoms with Crippen molar-refractivity contribution in [3.05, 3.63) is 96.6 Å². The standard InChI is InChI=1S/C22H15N3O7S/c1-13-6-8-16(18(10-13)25(30)31)19-9-7-15(32-19)11-20-21(26)23(22(27)33-20)12-14-4-2-3-5-17(14)24(28)29/h2-11H,12H2,1H3/b20-11+. The van der Waals surface area contributed by atoms with Crippen molar-refractivity contribution in [1.29, 1.82) is 0 Å². The number of furan rings is 1. The van der Waals surface area contributed by atoms with E-state index in [0.717, 1.165) is 10.5 Å². The van der Waals surface area contributed by atoms with E-state index >= 15 is 0 Å². The second kappa shape index (κ2) is 8.71. The number of nitro benzene ring substituents is 2. The van der Waals surface area contributed by atoms with Crippen LogP contribution in [0.15, 0.2) is 63.9 Å². The van der Waals surface area contributed by atoms with Gasteiger partial charge in [0.15, 0.2) is 0 Å². The maximum absolute atomic E-state index is 12.8. The van der Waals surface area contributed by atoms with E-state index in [-0.39, 0.29) is 45.5 Å². The average molecular weight is 465 g/mol. The highest BCUT2D eigenvalue weighted by molar-refractivity contribution is 8.18. The number of nitrogens with zero attached hydrogens (tertiary/aromatic N) is 3. The number of aryl methyl sites for hydroxylation is 1. The van der Waals surface area contributed by atoms with Crippen LogP contribution in [0.1, 0.15) is 16.9 Å². The molecule has 0 atom stereocenters. The molecule has 0 spiro atoms.